The second-order valence-electron chi connectivity index (χ2n) is 4.93. The number of aromatic nitrogens is 2. The number of esters is 1. The third-order valence-corrected chi connectivity index (χ3v) is 4.02. The highest BCUT2D eigenvalue weighted by Crippen LogP contribution is 2.29. The number of hydrogen-bond donors (Lipinski definition) is 0. The Bertz CT molecular complexity index is 651. The molecule has 0 fully saturated rings. The first-order chi connectivity index (χ1) is 9.69. The monoisotopic (exact) mass is 290 g/mol. The normalized spacial score (nSPS) is 17.6. The summed E-state index contributed by atoms with van der Waals surface area (Å²) in [5, 5.41) is 0.687. The molecule has 0 amide bonds. The third kappa shape index (κ3) is 2.31. The Hall–Kier alpha value is -1.81. The van der Waals surface area contributed by atoms with E-state index in [0.717, 1.165) is 30.0 Å². The quantitative estimate of drug-likeness (QED) is 0.799. The SMILES string of the molecule is COC(=O)C1CCn2cc(-c3ccccc3Cl)nc2C1. The maximum absolute atomic E-state index is 11.6. The average Bonchev–Trinajstić information content (AvgIpc) is 2.89. The molecule has 0 radical (unpaired) electrons. The number of aryl methyl sites for hydroxylation is 1. The van der Waals surface area contributed by atoms with Crippen LogP contribution in [0.3, 0.4) is 0 Å². The number of rotatable bonds is 2. The molecule has 1 atom stereocenters. The number of nitrogens with zero attached hydrogens (tertiary/aromatic N) is 2. The molecule has 2 heterocycles. The Morgan fingerprint density at radius 3 is 3.00 bits per heavy atom. The Morgan fingerprint density at radius 1 is 1.45 bits per heavy atom. The number of halogens is 1. The molecular formula is C15H15ClN2O2. The molecule has 0 N–H and O–H groups in total. The molecule has 104 valence electrons. The molecule has 4 nitrogen and oxygen atoms in total. The molecule has 0 bridgehead atoms. The zero-order valence-corrected chi connectivity index (χ0v) is 11.9. The Labute approximate surface area is 122 Å². The van der Waals surface area contributed by atoms with E-state index in [1.165, 1.54) is 7.11 Å². The summed E-state index contributed by atoms with van der Waals surface area (Å²) in [5.41, 5.74) is 1.78. The summed E-state index contributed by atoms with van der Waals surface area (Å²) in [6, 6.07) is 7.65. The molecule has 0 spiro atoms. The van der Waals surface area contributed by atoms with Crippen LogP contribution in [0, 0.1) is 5.92 Å². The molecule has 1 aromatic heterocycles. The van der Waals surface area contributed by atoms with E-state index in [1.807, 2.05) is 30.5 Å². The maximum atomic E-state index is 11.6. The molecule has 0 saturated heterocycles. The molecule has 2 aromatic rings. The van der Waals surface area contributed by atoms with Crippen molar-refractivity contribution in [2.24, 2.45) is 5.92 Å². The lowest BCUT2D eigenvalue weighted by Crippen LogP contribution is -2.26. The predicted octanol–water partition coefficient (Wildman–Crippen LogP) is 2.94. The van der Waals surface area contributed by atoms with Gasteiger partial charge in [-0.3, -0.25) is 4.79 Å². The fraction of sp³-hybridized carbons (Fsp3) is 0.333. The van der Waals surface area contributed by atoms with Crippen molar-refractivity contribution < 1.29 is 9.53 Å². The summed E-state index contributed by atoms with van der Waals surface area (Å²) in [6.45, 7) is 0.784. The molecule has 5 heteroatoms. The summed E-state index contributed by atoms with van der Waals surface area (Å²) in [4.78, 5) is 16.2. The first-order valence-electron chi connectivity index (χ1n) is 6.58. The van der Waals surface area contributed by atoms with Crippen LogP contribution >= 0.6 is 11.6 Å². The van der Waals surface area contributed by atoms with Gasteiger partial charge in [0, 0.05) is 24.7 Å². The van der Waals surface area contributed by atoms with E-state index < -0.39 is 0 Å². The van der Waals surface area contributed by atoms with E-state index in [9.17, 15) is 4.79 Å². The van der Waals surface area contributed by atoms with Gasteiger partial charge in [-0.2, -0.15) is 0 Å². The van der Waals surface area contributed by atoms with Crippen molar-refractivity contribution in [3.63, 3.8) is 0 Å². The molecule has 0 aliphatic carbocycles. The van der Waals surface area contributed by atoms with Gasteiger partial charge in [0.05, 0.1) is 23.7 Å². The molecule has 3 rings (SSSR count). The van der Waals surface area contributed by atoms with E-state index in [-0.39, 0.29) is 11.9 Å². The van der Waals surface area contributed by atoms with Gasteiger partial charge in [-0.05, 0) is 12.5 Å². The Kier molecular flexibility index (Phi) is 3.49. The molecule has 1 aromatic carbocycles. The minimum atomic E-state index is -0.154. The number of ether oxygens (including phenoxy) is 1. The number of benzene rings is 1. The van der Waals surface area contributed by atoms with Crippen LogP contribution in [0.2, 0.25) is 5.02 Å². The fourth-order valence-corrected chi connectivity index (χ4v) is 2.83. The summed E-state index contributed by atoms with van der Waals surface area (Å²) in [7, 11) is 1.43. The van der Waals surface area contributed by atoms with Crippen molar-refractivity contribution in [1.82, 2.24) is 9.55 Å². The van der Waals surface area contributed by atoms with Crippen LogP contribution < -0.4 is 0 Å². The minimum absolute atomic E-state index is 0.0889. The summed E-state index contributed by atoms with van der Waals surface area (Å²) >= 11 is 6.20. The first-order valence-corrected chi connectivity index (χ1v) is 6.95. The summed E-state index contributed by atoms with van der Waals surface area (Å²) in [6.07, 6.45) is 3.42. The highest BCUT2D eigenvalue weighted by Gasteiger charge is 2.27. The lowest BCUT2D eigenvalue weighted by molar-refractivity contribution is -0.146. The molecule has 1 unspecified atom stereocenters. The lowest BCUT2D eigenvalue weighted by Gasteiger charge is -2.20. The van der Waals surface area contributed by atoms with Crippen molar-refractivity contribution in [3.8, 4) is 11.3 Å². The van der Waals surface area contributed by atoms with Crippen molar-refractivity contribution in [1.29, 1.82) is 0 Å². The van der Waals surface area contributed by atoms with Gasteiger partial charge >= 0.3 is 5.97 Å². The number of hydrogen-bond acceptors (Lipinski definition) is 3. The van der Waals surface area contributed by atoms with E-state index in [0.29, 0.717) is 11.4 Å². The highest BCUT2D eigenvalue weighted by atomic mass is 35.5. The van der Waals surface area contributed by atoms with Gasteiger partial charge < -0.3 is 9.30 Å². The molecule has 1 aliphatic rings. The van der Waals surface area contributed by atoms with Gasteiger partial charge in [0.1, 0.15) is 5.82 Å². The number of carbonyl (C=O) groups is 1. The van der Waals surface area contributed by atoms with Crippen molar-refractivity contribution >= 4 is 17.6 Å². The standard InChI is InChI=1S/C15H15ClN2O2/c1-20-15(19)10-6-7-18-9-13(17-14(18)8-10)11-4-2-3-5-12(11)16/h2-5,9-10H,6-8H2,1H3. The number of imidazole rings is 1. The second kappa shape index (κ2) is 5.29. The van der Waals surface area contributed by atoms with Crippen LogP contribution in [0.25, 0.3) is 11.3 Å². The summed E-state index contributed by atoms with van der Waals surface area (Å²) in [5.74, 6) is 0.675. The van der Waals surface area contributed by atoms with Gasteiger partial charge in [-0.1, -0.05) is 29.8 Å². The van der Waals surface area contributed by atoms with E-state index >= 15 is 0 Å². The van der Waals surface area contributed by atoms with Crippen molar-refractivity contribution in [2.45, 2.75) is 19.4 Å². The second-order valence-corrected chi connectivity index (χ2v) is 5.34. The van der Waals surface area contributed by atoms with E-state index in [1.54, 1.807) is 0 Å². The smallest absolute Gasteiger partial charge is 0.309 e. The van der Waals surface area contributed by atoms with Crippen molar-refractivity contribution in [3.05, 3.63) is 41.3 Å². The van der Waals surface area contributed by atoms with Crippen LogP contribution in [0.5, 0.6) is 0 Å². The van der Waals surface area contributed by atoms with Gasteiger partial charge in [0.2, 0.25) is 0 Å². The van der Waals surface area contributed by atoms with Crippen LogP contribution in [0.15, 0.2) is 30.5 Å². The number of carbonyl (C=O) groups excluding carboxylic acids is 1. The van der Waals surface area contributed by atoms with Crippen molar-refractivity contribution in [2.75, 3.05) is 7.11 Å². The third-order valence-electron chi connectivity index (χ3n) is 3.69. The van der Waals surface area contributed by atoms with E-state index in [4.69, 9.17) is 16.3 Å². The largest absolute Gasteiger partial charge is 0.469 e. The van der Waals surface area contributed by atoms with E-state index in [2.05, 4.69) is 9.55 Å². The molecular weight excluding hydrogens is 276 g/mol. The van der Waals surface area contributed by atoms with Gasteiger partial charge in [0.15, 0.2) is 0 Å². The number of fused-ring (bicyclic) bond motifs is 1. The number of methoxy groups -OCH3 is 1. The maximum Gasteiger partial charge on any atom is 0.309 e. The Balaban J connectivity index is 1.91. The lowest BCUT2D eigenvalue weighted by atomic mass is 9.98. The van der Waals surface area contributed by atoms with Gasteiger partial charge in [0.25, 0.3) is 0 Å². The fourth-order valence-electron chi connectivity index (χ4n) is 2.59. The van der Waals surface area contributed by atoms with Crippen LogP contribution in [0.4, 0.5) is 0 Å². The Morgan fingerprint density at radius 2 is 2.25 bits per heavy atom. The summed E-state index contributed by atoms with van der Waals surface area (Å²) < 4.78 is 6.91. The zero-order valence-electron chi connectivity index (χ0n) is 11.2. The molecule has 20 heavy (non-hydrogen) atoms. The predicted molar refractivity (Wildman–Crippen MR) is 76.5 cm³/mol. The first kappa shape index (κ1) is 13.2. The highest BCUT2D eigenvalue weighted by molar-refractivity contribution is 6.33. The topological polar surface area (TPSA) is 44.1 Å². The van der Waals surface area contributed by atoms with Crippen LogP contribution in [0.1, 0.15) is 12.2 Å². The van der Waals surface area contributed by atoms with Crippen LogP contribution in [-0.4, -0.2) is 22.6 Å². The van der Waals surface area contributed by atoms with Crippen LogP contribution in [-0.2, 0) is 22.5 Å². The molecule has 1 aliphatic heterocycles. The average molecular weight is 291 g/mol. The van der Waals surface area contributed by atoms with Gasteiger partial charge in [-0.15, -0.1) is 0 Å². The minimum Gasteiger partial charge on any atom is -0.469 e. The van der Waals surface area contributed by atoms with Gasteiger partial charge in [-0.25, -0.2) is 4.98 Å². The zero-order chi connectivity index (χ0) is 14.1. The molecule has 0 saturated carbocycles.